The third-order valence-corrected chi connectivity index (χ3v) is 3.91. The highest BCUT2D eigenvalue weighted by molar-refractivity contribution is 6.31. The van der Waals surface area contributed by atoms with Gasteiger partial charge in [-0.05, 0) is 42.0 Å². The Morgan fingerprint density at radius 2 is 1.89 bits per heavy atom. The molecule has 4 nitrogen and oxygen atoms in total. The first-order valence-electron chi connectivity index (χ1n) is 7.91. The zero-order valence-corrected chi connectivity index (χ0v) is 15.3. The molecule has 2 aromatic carbocycles. The molecule has 9 heteroatoms. The molecule has 0 radical (unpaired) electrons. The number of alkyl halides is 3. The van der Waals surface area contributed by atoms with Crippen molar-refractivity contribution in [3.63, 3.8) is 0 Å². The van der Waals surface area contributed by atoms with Crippen LogP contribution in [0, 0.1) is 5.82 Å². The number of benzene rings is 2. The van der Waals surface area contributed by atoms with Crippen LogP contribution in [0.3, 0.4) is 0 Å². The lowest BCUT2D eigenvalue weighted by atomic mass is 10.2. The molecule has 0 unspecified atom stereocenters. The summed E-state index contributed by atoms with van der Waals surface area (Å²) in [4.78, 5) is 25.1. The molecule has 1 N–H and O–H groups in total. The van der Waals surface area contributed by atoms with Gasteiger partial charge in [-0.2, -0.15) is 13.2 Å². The van der Waals surface area contributed by atoms with Gasteiger partial charge in [-0.15, -0.1) is 0 Å². The molecule has 2 amide bonds. The summed E-state index contributed by atoms with van der Waals surface area (Å²) in [7, 11) is 1.35. The summed E-state index contributed by atoms with van der Waals surface area (Å²) in [6.07, 6.45) is -2.12. The number of hydrogen-bond acceptors (Lipinski definition) is 2. The number of nitrogens with zero attached hydrogens (tertiary/aromatic N) is 1. The van der Waals surface area contributed by atoms with Crippen molar-refractivity contribution < 1.29 is 27.2 Å². The molecule has 0 aliphatic carbocycles. The van der Waals surface area contributed by atoms with Crippen molar-refractivity contribution in [1.82, 2.24) is 4.90 Å². The van der Waals surface area contributed by atoms with Crippen LogP contribution in [0.5, 0.6) is 0 Å². The quantitative estimate of drug-likeness (QED) is 0.574. The second-order valence-electron chi connectivity index (χ2n) is 5.82. The maximum atomic E-state index is 13.1. The molecular weight excluding hydrogens is 400 g/mol. The van der Waals surface area contributed by atoms with E-state index < -0.39 is 40.9 Å². The minimum atomic E-state index is -4.66. The average molecular weight is 415 g/mol. The van der Waals surface area contributed by atoms with Crippen LogP contribution in [-0.4, -0.2) is 30.3 Å². The molecule has 0 saturated heterocycles. The van der Waals surface area contributed by atoms with Gasteiger partial charge in [-0.3, -0.25) is 9.59 Å². The van der Waals surface area contributed by atoms with Gasteiger partial charge in [0.25, 0.3) is 0 Å². The highest BCUT2D eigenvalue weighted by Gasteiger charge is 2.33. The van der Waals surface area contributed by atoms with E-state index in [0.29, 0.717) is 11.6 Å². The summed E-state index contributed by atoms with van der Waals surface area (Å²) in [5, 5.41) is 1.80. The lowest BCUT2D eigenvalue weighted by Crippen LogP contribution is -2.33. The molecular formula is C19H15ClF4N2O2. The van der Waals surface area contributed by atoms with Crippen molar-refractivity contribution in [2.45, 2.75) is 6.18 Å². The molecule has 0 aliphatic rings. The first-order valence-corrected chi connectivity index (χ1v) is 8.29. The highest BCUT2D eigenvalue weighted by atomic mass is 35.5. The number of carbonyl (C=O) groups excluding carboxylic acids is 2. The van der Waals surface area contributed by atoms with E-state index in [1.165, 1.54) is 37.4 Å². The highest BCUT2D eigenvalue weighted by Crippen LogP contribution is 2.36. The van der Waals surface area contributed by atoms with E-state index in [9.17, 15) is 27.2 Å². The number of hydrogen-bond donors (Lipinski definition) is 1. The van der Waals surface area contributed by atoms with E-state index in [2.05, 4.69) is 5.32 Å². The van der Waals surface area contributed by atoms with Crippen molar-refractivity contribution in [1.29, 1.82) is 0 Å². The molecule has 0 fully saturated rings. The predicted octanol–water partition coefficient (Wildman–Crippen LogP) is 4.61. The van der Waals surface area contributed by atoms with Gasteiger partial charge >= 0.3 is 6.18 Å². The Hall–Kier alpha value is -2.87. The predicted molar refractivity (Wildman–Crippen MR) is 98.2 cm³/mol. The number of amides is 2. The first kappa shape index (κ1) is 21.4. The van der Waals surface area contributed by atoms with Crippen LogP contribution in [0.2, 0.25) is 5.02 Å². The zero-order chi connectivity index (χ0) is 20.9. The van der Waals surface area contributed by atoms with Crippen LogP contribution in [0.1, 0.15) is 11.1 Å². The van der Waals surface area contributed by atoms with Crippen LogP contribution >= 0.6 is 11.6 Å². The van der Waals surface area contributed by atoms with E-state index in [-0.39, 0.29) is 5.69 Å². The van der Waals surface area contributed by atoms with Crippen LogP contribution < -0.4 is 5.32 Å². The molecule has 0 spiro atoms. The summed E-state index contributed by atoms with van der Waals surface area (Å²) >= 11 is 5.52. The van der Waals surface area contributed by atoms with Crippen LogP contribution in [0.15, 0.2) is 48.5 Å². The van der Waals surface area contributed by atoms with E-state index in [4.69, 9.17) is 11.6 Å². The minimum absolute atomic E-state index is 0.0992. The monoisotopic (exact) mass is 414 g/mol. The molecule has 2 rings (SSSR count). The Morgan fingerprint density at radius 3 is 2.54 bits per heavy atom. The lowest BCUT2D eigenvalue weighted by Gasteiger charge is -2.16. The normalized spacial score (nSPS) is 11.5. The Labute approximate surface area is 163 Å². The molecule has 148 valence electrons. The lowest BCUT2D eigenvalue weighted by molar-refractivity contribution is -0.137. The largest absolute Gasteiger partial charge is 0.417 e. The molecule has 0 atom stereocenters. The van der Waals surface area contributed by atoms with E-state index in [0.717, 1.165) is 17.0 Å². The second-order valence-corrected chi connectivity index (χ2v) is 6.23. The number of likely N-dealkylation sites (N-methyl/N-ethyl adjacent to an activating group) is 1. The third kappa shape index (κ3) is 6.09. The van der Waals surface area contributed by atoms with Crippen molar-refractivity contribution in [2.24, 2.45) is 0 Å². The van der Waals surface area contributed by atoms with Gasteiger partial charge in [-0.1, -0.05) is 23.7 Å². The van der Waals surface area contributed by atoms with E-state index in [1.54, 1.807) is 6.07 Å². The molecule has 0 heterocycles. The fourth-order valence-electron chi connectivity index (χ4n) is 2.22. The number of carbonyl (C=O) groups is 2. The third-order valence-electron chi connectivity index (χ3n) is 3.58. The zero-order valence-electron chi connectivity index (χ0n) is 14.6. The topological polar surface area (TPSA) is 49.4 Å². The van der Waals surface area contributed by atoms with E-state index in [1.807, 2.05) is 0 Å². The molecule has 2 aromatic rings. The SMILES string of the molecule is CN(CC(=O)Nc1ccc(Cl)c(C(F)(F)F)c1)C(=O)C=Cc1cccc(F)c1. The van der Waals surface area contributed by atoms with Gasteiger partial charge < -0.3 is 10.2 Å². The van der Waals surface area contributed by atoms with Crippen LogP contribution in [0.4, 0.5) is 23.2 Å². The molecule has 28 heavy (non-hydrogen) atoms. The smallest absolute Gasteiger partial charge is 0.333 e. The number of anilines is 1. The van der Waals surface area contributed by atoms with Crippen LogP contribution in [0.25, 0.3) is 6.08 Å². The second kappa shape index (κ2) is 8.88. The number of halogens is 5. The van der Waals surface area contributed by atoms with Crippen molar-refractivity contribution >= 4 is 35.2 Å². The van der Waals surface area contributed by atoms with Gasteiger partial charge in [0, 0.05) is 18.8 Å². The maximum Gasteiger partial charge on any atom is 0.417 e. The molecule has 0 bridgehead atoms. The van der Waals surface area contributed by atoms with Gasteiger partial charge in [0.2, 0.25) is 11.8 Å². The molecule has 0 saturated carbocycles. The Balaban J connectivity index is 1.98. The summed E-state index contributed by atoms with van der Waals surface area (Å²) in [5.74, 6) is -1.68. The molecule has 0 aliphatic heterocycles. The fraction of sp³-hybridized carbons (Fsp3) is 0.158. The Morgan fingerprint density at radius 1 is 1.18 bits per heavy atom. The van der Waals surface area contributed by atoms with Crippen molar-refractivity contribution in [3.05, 3.63) is 70.5 Å². The Bertz CT molecular complexity index is 913. The molecule has 0 aromatic heterocycles. The average Bonchev–Trinajstić information content (AvgIpc) is 2.60. The van der Waals surface area contributed by atoms with Gasteiger partial charge in [0.15, 0.2) is 0 Å². The summed E-state index contributed by atoms with van der Waals surface area (Å²) in [5.41, 5.74) is -0.709. The van der Waals surface area contributed by atoms with Gasteiger partial charge in [0.1, 0.15) is 5.82 Å². The van der Waals surface area contributed by atoms with Crippen LogP contribution in [-0.2, 0) is 15.8 Å². The van der Waals surface area contributed by atoms with Crippen molar-refractivity contribution in [2.75, 3.05) is 18.9 Å². The summed E-state index contributed by atoms with van der Waals surface area (Å²) in [6, 6.07) is 8.53. The van der Waals surface area contributed by atoms with Gasteiger partial charge in [0.05, 0.1) is 17.1 Å². The minimum Gasteiger partial charge on any atom is -0.333 e. The Kier molecular flexibility index (Phi) is 6.80. The maximum absolute atomic E-state index is 13.1. The van der Waals surface area contributed by atoms with E-state index >= 15 is 0 Å². The number of nitrogens with one attached hydrogen (secondary N) is 1. The first-order chi connectivity index (χ1) is 13.1. The van der Waals surface area contributed by atoms with Crippen molar-refractivity contribution in [3.8, 4) is 0 Å². The standard InChI is InChI=1S/C19H15ClF4N2O2/c1-26(18(28)8-5-12-3-2-4-13(21)9-12)11-17(27)25-14-6-7-16(20)15(10-14)19(22,23)24/h2-10H,11H2,1H3,(H,25,27). The fourth-order valence-corrected chi connectivity index (χ4v) is 2.44. The van der Waals surface area contributed by atoms with Gasteiger partial charge in [-0.25, -0.2) is 4.39 Å². The number of rotatable bonds is 5. The summed E-state index contributed by atoms with van der Waals surface area (Å²) < 4.78 is 51.6. The summed E-state index contributed by atoms with van der Waals surface area (Å²) in [6.45, 7) is -0.393.